The predicted octanol–water partition coefficient (Wildman–Crippen LogP) is -0.647. The number of ether oxygens (including phenoxy) is 23. The van der Waals surface area contributed by atoms with Crippen molar-refractivity contribution in [3.63, 3.8) is 0 Å². The average molecular weight is 1080 g/mol. The Labute approximate surface area is 435 Å². The Bertz CT molecular complexity index is 871. The number of hydrogen-bond acceptors (Lipinski definition) is 25. The molecule has 0 spiro atoms. The number of hydrogen-bond donors (Lipinski definition) is 2. The van der Waals surface area contributed by atoms with E-state index in [-0.39, 0.29) is 13.2 Å². The van der Waals surface area contributed by atoms with Gasteiger partial charge >= 0.3 is 0 Å². The first-order valence-electron chi connectivity index (χ1n) is 25.9. The van der Waals surface area contributed by atoms with Crippen LogP contribution in [0.15, 0.2) is 0 Å². The second-order valence-corrected chi connectivity index (χ2v) is 14.5. The molecule has 0 atom stereocenters. The van der Waals surface area contributed by atoms with Gasteiger partial charge < -0.3 is 119 Å². The molecular weight excluding hydrogens is 977 g/mol. The van der Waals surface area contributed by atoms with Crippen molar-refractivity contribution in [1.29, 1.82) is 0 Å². The van der Waals surface area contributed by atoms with Crippen LogP contribution in [0.1, 0.15) is 0 Å². The lowest BCUT2D eigenvalue weighted by Crippen LogP contribution is -2.16. The molecule has 25 nitrogen and oxygen atoms in total. The van der Waals surface area contributed by atoms with Gasteiger partial charge in [0.2, 0.25) is 0 Å². The monoisotopic (exact) mass is 1070 g/mol. The predicted molar refractivity (Wildman–Crippen MR) is 263 cm³/mol. The van der Waals surface area contributed by atoms with E-state index in [9.17, 15) is 0 Å². The van der Waals surface area contributed by atoms with E-state index in [1.807, 2.05) is 0 Å². The molecule has 0 aromatic carbocycles. The molecule has 0 aliphatic rings. The van der Waals surface area contributed by atoms with E-state index in [1.165, 1.54) is 0 Å². The van der Waals surface area contributed by atoms with E-state index in [1.54, 1.807) is 0 Å². The molecule has 440 valence electrons. The van der Waals surface area contributed by atoms with Crippen molar-refractivity contribution >= 4 is 0 Å². The van der Waals surface area contributed by atoms with Crippen LogP contribution in [0, 0.1) is 0 Å². The minimum Gasteiger partial charge on any atom is -0.394 e. The largest absolute Gasteiger partial charge is 0.394 e. The number of aliphatic hydroxyl groups is 2. The van der Waals surface area contributed by atoms with Crippen molar-refractivity contribution in [2.45, 2.75) is 0 Å². The van der Waals surface area contributed by atoms with Crippen molar-refractivity contribution in [1.82, 2.24) is 0 Å². The van der Waals surface area contributed by atoms with Crippen LogP contribution >= 0.6 is 0 Å². The fourth-order valence-corrected chi connectivity index (χ4v) is 5.07. The summed E-state index contributed by atoms with van der Waals surface area (Å²) in [5, 5.41) is 17.2. The second-order valence-electron chi connectivity index (χ2n) is 14.5. The maximum absolute atomic E-state index is 8.61. The highest BCUT2D eigenvalue weighted by atomic mass is 16.6. The van der Waals surface area contributed by atoms with E-state index >= 15 is 0 Å². The molecule has 0 amide bonds. The fraction of sp³-hybridized carbons (Fsp3) is 1.00. The molecule has 0 radical (unpaired) electrons. The van der Waals surface area contributed by atoms with Crippen molar-refractivity contribution in [2.75, 3.05) is 317 Å². The summed E-state index contributed by atoms with van der Waals surface area (Å²) >= 11 is 0. The summed E-state index contributed by atoms with van der Waals surface area (Å²) in [6, 6.07) is 0. The lowest BCUT2D eigenvalue weighted by molar-refractivity contribution is -0.0319. The maximum Gasteiger partial charge on any atom is 0.0701 e. The molecule has 73 heavy (non-hydrogen) atoms. The third kappa shape index (κ3) is 71.0. The first-order valence-corrected chi connectivity index (χ1v) is 25.9. The molecule has 0 saturated heterocycles. The summed E-state index contributed by atoms with van der Waals surface area (Å²) in [4.78, 5) is 0. The zero-order valence-corrected chi connectivity index (χ0v) is 44.2. The summed E-state index contributed by atoms with van der Waals surface area (Å²) in [5.74, 6) is 0. The maximum atomic E-state index is 8.61. The number of aliphatic hydroxyl groups excluding tert-OH is 2. The van der Waals surface area contributed by atoms with E-state index in [0.29, 0.717) is 304 Å². The van der Waals surface area contributed by atoms with Gasteiger partial charge in [-0.3, -0.25) is 0 Å². The van der Waals surface area contributed by atoms with Crippen LogP contribution < -0.4 is 0 Å². The molecule has 0 heterocycles. The van der Waals surface area contributed by atoms with Gasteiger partial charge in [0.25, 0.3) is 0 Å². The highest BCUT2D eigenvalue weighted by Crippen LogP contribution is 1.91. The topological polar surface area (TPSA) is 253 Å². The number of rotatable bonds is 70. The van der Waals surface area contributed by atoms with Crippen LogP contribution in [0.2, 0.25) is 0 Å². The molecule has 0 aliphatic carbocycles. The minimum atomic E-state index is 0.0180. The first kappa shape index (κ1) is 72.0. The Balaban J connectivity index is 3.07. The molecule has 25 heteroatoms. The Morgan fingerprint density at radius 2 is 0.151 bits per heavy atom. The van der Waals surface area contributed by atoms with Crippen LogP contribution in [0.4, 0.5) is 0 Å². The van der Waals surface area contributed by atoms with Crippen molar-refractivity contribution in [3.05, 3.63) is 0 Å². The third-order valence-corrected chi connectivity index (χ3v) is 8.66. The van der Waals surface area contributed by atoms with Gasteiger partial charge in [-0.1, -0.05) is 0 Å². The zero-order valence-electron chi connectivity index (χ0n) is 44.2. The van der Waals surface area contributed by atoms with Crippen LogP contribution in [0.5, 0.6) is 0 Å². The standard InChI is InChI=1S/C48H98O25/c49-1-3-51-5-7-53-9-11-55-13-15-57-17-19-59-21-23-61-25-27-63-29-31-65-33-35-67-37-39-69-41-43-71-45-47-73-48-46-72-44-42-70-40-38-68-36-34-66-32-30-64-28-26-62-24-22-60-20-18-58-16-14-56-12-10-54-8-6-52-4-2-50/h49-50H,1-48H2. The summed E-state index contributed by atoms with van der Waals surface area (Å²) in [6.07, 6.45) is 0. The molecule has 0 aliphatic heterocycles. The smallest absolute Gasteiger partial charge is 0.0701 e. The van der Waals surface area contributed by atoms with Gasteiger partial charge in [0.1, 0.15) is 0 Å². The van der Waals surface area contributed by atoms with E-state index in [2.05, 4.69) is 0 Å². The Morgan fingerprint density at radius 3 is 0.205 bits per heavy atom. The van der Waals surface area contributed by atoms with Crippen molar-refractivity contribution in [3.8, 4) is 0 Å². The minimum absolute atomic E-state index is 0.0180. The lowest BCUT2D eigenvalue weighted by atomic mass is 10.6. The Hall–Kier alpha value is -1.00. The van der Waals surface area contributed by atoms with Crippen molar-refractivity contribution in [2.24, 2.45) is 0 Å². The molecule has 0 bridgehead atoms. The Kier molecular flexibility index (Phi) is 70.0. The normalized spacial score (nSPS) is 11.8. The van der Waals surface area contributed by atoms with E-state index in [4.69, 9.17) is 119 Å². The molecule has 0 fully saturated rings. The van der Waals surface area contributed by atoms with Gasteiger partial charge in [0, 0.05) is 0 Å². The first-order chi connectivity index (χ1) is 36.4. The van der Waals surface area contributed by atoms with Crippen LogP contribution in [-0.2, 0) is 109 Å². The quantitative estimate of drug-likeness (QED) is 0.0718. The third-order valence-electron chi connectivity index (χ3n) is 8.66. The SMILES string of the molecule is OCCOCCOCCOCCOCCOCCOCCOCCOCCOCCOCCOCCOCCOCCOCCOCCOCCOCCOCCOCCOCCOCCOCCOCCO. The summed E-state index contributed by atoms with van der Waals surface area (Å²) in [5.41, 5.74) is 0. The molecule has 0 aromatic rings. The van der Waals surface area contributed by atoms with Gasteiger partial charge in [0.15, 0.2) is 0 Å². The Morgan fingerprint density at radius 1 is 0.0959 bits per heavy atom. The average Bonchev–Trinajstić information content (AvgIpc) is 3.40. The molecule has 0 aromatic heterocycles. The molecular formula is C48H98O25. The van der Waals surface area contributed by atoms with E-state index in [0.717, 1.165) is 0 Å². The van der Waals surface area contributed by atoms with Gasteiger partial charge in [-0.25, -0.2) is 0 Å². The van der Waals surface area contributed by atoms with Gasteiger partial charge in [-0.15, -0.1) is 0 Å². The second kappa shape index (κ2) is 71.0. The highest BCUT2D eigenvalue weighted by Gasteiger charge is 2.00. The van der Waals surface area contributed by atoms with Gasteiger partial charge in [0.05, 0.1) is 317 Å². The summed E-state index contributed by atoms with van der Waals surface area (Å²) < 4.78 is 125. The van der Waals surface area contributed by atoms with Crippen molar-refractivity contribution < 1.29 is 119 Å². The van der Waals surface area contributed by atoms with Crippen LogP contribution in [0.3, 0.4) is 0 Å². The molecule has 0 unspecified atom stereocenters. The lowest BCUT2D eigenvalue weighted by Gasteiger charge is -2.09. The van der Waals surface area contributed by atoms with Gasteiger partial charge in [-0.05, 0) is 0 Å². The molecule has 2 N–H and O–H groups in total. The van der Waals surface area contributed by atoms with E-state index < -0.39 is 0 Å². The van der Waals surface area contributed by atoms with Crippen LogP contribution in [-0.4, -0.2) is 327 Å². The fourth-order valence-electron chi connectivity index (χ4n) is 5.07. The molecule has 0 rings (SSSR count). The zero-order chi connectivity index (χ0) is 52.2. The summed E-state index contributed by atoms with van der Waals surface area (Å²) in [7, 11) is 0. The van der Waals surface area contributed by atoms with Gasteiger partial charge in [-0.2, -0.15) is 0 Å². The highest BCUT2D eigenvalue weighted by molar-refractivity contribution is 4.42. The summed E-state index contributed by atoms with van der Waals surface area (Å²) in [6.45, 7) is 22.2. The van der Waals surface area contributed by atoms with Crippen LogP contribution in [0.25, 0.3) is 0 Å². The molecule has 0 saturated carbocycles.